The first-order valence-corrected chi connectivity index (χ1v) is 2.66. The van der Waals surface area contributed by atoms with Crippen LogP contribution in [-0.4, -0.2) is 7.69 Å². The molecule has 4 nitrogen and oxygen atoms in total. The predicted molar refractivity (Wildman–Crippen MR) is 23.1 cm³/mol. The second-order valence-electron chi connectivity index (χ2n) is 0.456. The molecule has 0 amide bonds. The van der Waals surface area contributed by atoms with Crippen LogP contribution < -0.4 is 0 Å². The Labute approximate surface area is 44.1 Å². The van der Waals surface area contributed by atoms with Crippen molar-refractivity contribution in [2.24, 2.45) is 0 Å². The summed E-state index contributed by atoms with van der Waals surface area (Å²) < 4.78 is 26.5. The van der Waals surface area contributed by atoms with Crippen molar-refractivity contribution in [2.45, 2.75) is 0 Å². The standard InChI is InChI=1S/BO4P2/c2-6-4-1-5-7-3. The van der Waals surface area contributed by atoms with Crippen molar-refractivity contribution in [3.05, 3.63) is 0 Å². The van der Waals surface area contributed by atoms with E-state index in [1.165, 1.54) is 0 Å². The van der Waals surface area contributed by atoms with Gasteiger partial charge in [0.15, 0.2) is 0 Å². The minimum atomic E-state index is -0.519. The van der Waals surface area contributed by atoms with Crippen LogP contribution in [0.1, 0.15) is 0 Å². The molecule has 0 heterocycles. The lowest BCUT2D eigenvalue weighted by molar-refractivity contribution is 0.469. The SMILES string of the molecule is O=PO[B]OP=O. The molecule has 0 aliphatic rings. The minimum Gasteiger partial charge on any atom is -0.326 e. The lowest BCUT2D eigenvalue weighted by Gasteiger charge is -1.77. The second kappa shape index (κ2) is 6.18. The Bertz CT molecular complexity index is 54.7. The normalized spacial score (nSPS) is 9.71. The summed E-state index contributed by atoms with van der Waals surface area (Å²) in [4.78, 5) is 0. The molecule has 7 heteroatoms. The monoisotopic (exact) mass is 137 g/mol. The quantitative estimate of drug-likeness (QED) is 0.329. The largest absolute Gasteiger partial charge is 0.510 e. The number of hydrogen-bond acceptors (Lipinski definition) is 4. The third kappa shape index (κ3) is 6.18. The van der Waals surface area contributed by atoms with Gasteiger partial charge in [-0.3, -0.25) is 0 Å². The first kappa shape index (κ1) is 7.18. The summed E-state index contributed by atoms with van der Waals surface area (Å²) in [7, 11) is -0.327. The molecular weight excluding hydrogens is 137 g/mol. The van der Waals surface area contributed by atoms with Gasteiger partial charge in [0, 0.05) is 0 Å². The summed E-state index contributed by atoms with van der Waals surface area (Å²) in [5, 5.41) is 0. The Morgan fingerprint density at radius 3 is 1.86 bits per heavy atom. The van der Waals surface area contributed by atoms with Gasteiger partial charge in [0.05, 0.1) is 0 Å². The van der Waals surface area contributed by atoms with Gasteiger partial charge in [-0.15, -0.1) is 0 Å². The molecule has 0 aromatic rings. The maximum Gasteiger partial charge on any atom is 0.510 e. The van der Waals surface area contributed by atoms with Gasteiger partial charge in [0.25, 0.3) is 0 Å². The van der Waals surface area contributed by atoms with Gasteiger partial charge < -0.3 is 8.88 Å². The first-order valence-electron chi connectivity index (χ1n) is 1.20. The van der Waals surface area contributed by atoms with Crippen LogP contribution in [0.15, 0.2) is 0 Å². The number of hydrogen-bond donors (Lipinski definition) is 0. The molecule has 0 saturated heterocycles. The molecule has 0 saturated carbocycles. The highest BCUT2D eigenvalue weighted by Crippen LogP contribution is 1.96. The van der Waals surface area contributed by atoms with E-state index in [0.29, 0.717) is 7.69 Å². The molecule has 0 aliphatic heterocycles. The molecule has 0 atom stereocenters. The highest BCUT2D eigenvalue weighted by Gasteiger charge is 1.88. The molecule has 37 valence electrons. The van der Waals surface area contributed by atoms with Crippen LogP contribution in [0.5, 0.6) is 0 Å². The summed E-state index contributed by atoms with van der Waals surface area (Å²) >= 11 is 0. The van der Waals surface area contributed by atoms with E-state index >= 15 is 0 Å². The van der Waals surface area contributed by atoms with E-state index in [1.807, 2.05) is 0 Å². The molecule has 0 aromatic carbocycles. The van der Waals surface area contributed by atoms with Crippen LogP contribution in [0.3, 0.4) is 0 Å². The highest BCUT2D eigenvalue weighted by atomic mass is 31.1. The maximum absolute atomic E-state index is 9.34. The van der Waals surface area contributed by atoms with Crippen LogP contribution in [-0.2, 0) is 18.0 Å². The summed E-state index contributed by atoms with van der Waals surface area (Å²) in [5.74, 6) is 0. The van der Waals surface area contributed by atoms with Crippen molar-refractivity contribution >= 4 is 25.1 Å². The minimum absolute atomic E-state index is 0.519. The van der Waals surface area contributed by atoms with Crippen molar-refractivity contribution in [1.82, 2.24) is 0 Å². The third-order valence-electron chi connectivity index (χ3n) is 0.172. The molecule has 0 rings (SSSR count). The van der Waals surface area contributed by atoms with Crippen molar-refractivity contribution in [2.75, 3.05) is 0 Å². The molecular formula is BO4P2. The third-order valence-corrected chi connectivity index (χ3v) is 0.516. The van der Waals surface area contributed by atoms with Crippen LogP contribution in [0.25, 0.3) is 0 Å². The Balaban J connectivity index is 2.68. The fourth-order valence-corrected chi connectivity index (χ4v) is 0.279. The Morgan fingerprint density at radius 1 is 1.14 bits per heavy atom. The topological polar surface area (TPSA) is 52.6 Å². The fourth-order valence-electron chi connectivity index (χ4n) is 0.0544. The van der Waals surface area contributed by atoms with E-state index in [1.54, 1.807) is 0 Å². The van der Waals surface area contributed by atoms with E-state index in [2.05, 4.69) is 8.88 Å². The molecule has 0 unspecified atom stereocenters. The van der Waals surface area contributed by atoms with Gasteiger partial charge in [-0.05, 0) is 0 Å². The summed E-state index contributed by atoms with van der Waals surface area (Å²) in [5.41, 5.74) is 0. The first-order chi connectivity index (χ1) is 3.41. The summed E-state index contributed by atoms with van der Waals surface area (Å²) in [6.07, 6.45) is 0. The lowest BCUT2D eigenvalue weighted by atomic mass is 10.4. The molecule has 7 heavy (non-hydrogen) atoms. The van der Waals surface area contributed by atoms with Crippen LogP contribution >= 0.6 is 17.4 Å². The molecule has 0 spiro atoms. The maximum atomic E-state index is 9.34. The average molecular weight is 137 g/mol. The number of rotatable bonds is 4. The van der Waals surface area contributed by atoms with Crippen molar-refractivity contribution < 1.29 is 18.0 Å². The molecule has 0 aliphatic carbocycles. The van der Waals surface area contributed by atoms with E-state index < -0.39 is 17.4 Å². The Kier molecular flexibility index (Phi) is 6.35. The van der Waals surface area contributed by atoms with E-state index in [0.717, 1.165) is 0 Å². The van der Waals surface area contributed by atoms with Crippen molar-refractivity contribution in [3.8, 4) is 0 Å². The zero-order chi connectivity index (χ0) is 5.54. The van der Waals surface area contributed by atoms with Gasteiger partial charge in [0.1, 0.15) is 0 Å². The van der Waals surface area contributed by atoms with Crippen LogP contribution in [0.2, 0.25) is 0 Å². The molecule has 0 aromatic heterocycles. The van der Waals surface area contributed by atoms with Gasteiger partial charge in [-0.1, -0.05) is 0 Å². The lowest BCUT2D eigenvalue weighted by Crippen LogP contribution is -1.85. The van der Waals surface area contributed by atoms with Crippen LogP contribution in [0, 0.1) is 0 Å². The predicted octanol–water partition coefficient (Wildman–Crippen LogP) is 0.967. The average Bonchev–Trinajstić information content (AvgIpc) is 1.69. The molecule has 0 bridgehead atoms. The smallest absolute Gasteiger partial charge is 0.326 e. The zero-order valence-electron chi connectivity index (χ0n) is 3.10. The van der Waals surface area contributed by atoms with Gasteiger partial charge >= 0.3 is 25.1 Å². The highest BCUT2D eigenvalue weighted by molar-refractivity contribution is 7.21. The van der Waals surface area contributed by atoms with Crippen LogP contribution in [0.4, 0.5) is 0 Å². The molecule has 1 radical (unpaired) electrons. The Morgan fingerprint density at radius 2 is 1.57 bits per heavy atom. The zero-order valence-corrected chi connectivity index (χ0v) is 4.89. The summed E-state index contributed by atoms with van der Waals surface area (Å²) in [6.45, 7) is 0. The fraction of sp³-hybridized carbons (Fsp3) is 0. The van der Waals surface area contributed by atoms with Gasteiger partial charge in [0.2, 0.25) is 0 Å². The van der Waals surface area contributed by atoms with Crippen molar-refractivity contribution in [1.29, 1.82) is 0 Å². The molecule has 0 N–H and O–H groups in total. The van der Waals surface area contributed by atoms with E-state index in [-0.39, 0.29) is 0 Å². The molecule has 0 fully saturated rings. The Hall–Kier alpha value is 0.185. The van der Waals surface area contributed by atoms with E-state index in [9.17, 15) is 9.13 Å². The van der Waals surface area contributed by atoms with E-state index in [4.69, 9.17) is 0 Å². The van der Waals surface area contributed by atoms with Crippen molar-refractivity contribution in [3.63, 3.8) is 0 Å². The summed E-state index contributed by atoms with van der Waals surface area (Å²) in [6, 6.07) is 0. The van der Waals surface area contributed by atoms with Gasteiger partial charge in [-0.2, -0.15) is 0 Å². The van der Waals surface area contributed by atoms with Gasteiger partial charge in [-0.25, -0.2) is 9.13 Å². The second-order valence-corrected chi connectivity index (χ2v) is 1.18.